The Bertz CT molecular complexity index is 728. The number of thiazole rings is 1. The quantitative estimate of drug-likeness (QED) is 0.676. The van der Waals surface area contributed by atoms with Crippen molar-refractivity contribution in [1.82, 2.24) is 9.88 Å². The van der Waals surface area contributed by atoms with Gasteiger partial charge in [0.25, 0.3) is 0 Å². The first-order valence-corrected chi connectivity index (χ1v) is 9.26. The van der Waals surface area contributed by atoms with Gasteiger partial charge in [-0.2, -0.15) is 10.5 Å². The van der Waals surface area contributed by atoms with Crippen molar-refractivity contribution in [2.45, 2.75) is 17.2 Å². The zero-order valence-corrected chi connectivity index (χ0v) is 14.6. The van der Waals surface area contributed by atoms with Crippen LogP contribution in [0, 0.1) is 22.7 Å². The molecular weight excluding hydrogens is 340 g/mol. The maximum Gasteiger partial charge on any atom is 0.233 e. The summed E-state index contributed by atoms with van der Waals surface area (Å²) in [6.45, 7) is 0.732. The van der Waals surface area contributed by atoms with Crippen LogP contribution in [0.1, 0.15) is 12.8 Å². The summed E-state index contributed by atoms with van der Waals surface area (Å²) in [4.78, 5) is 18.4. The van der Waals surface area contributed by atoms with Crippen molar-refractivity contribution in [3.63, 3.8) is 0 Å². The van der Waals surface area contributed by atoms with Gasteiger partial charge in [0.1, 0.15) is 0 Å². The van der Waals surface area contributed by atoms with E-state index in [1.165, 1.54) is 23.1 Å². The van der Waals surface area contributed by atoms with E-state index in [1.807, 2.05) is 47.9 Å². The average Bonchev–Trinajstić information content (AvgIpc) is 3.09. The summed E-state index contributed by atoms with van der Waals surface area (Å²) in [5.41, 5.74) is 1.96. The molecule has 2 aromatic rings. The van der Waals surface area contributed by atoms with E-state index in [-0.39, 0.29) is 24.5 Å². The van der Waals surface area contributed by atoms with Crippen LogP contribution < -0.4 is 0 Å². The highest BCUT2D eigenvalue weighted by molar-refractivity contribution is 8.01. The van der Waals surface area contributed by atoms with Crippen LogP contribution in [0.2, 0.25) is 0 Å². The molecule has 5 nitrogen and oxygen atoms in total. The first-order chi connectivity index (χ1) is 11.7. The Hall–Kier alpha value is -2.35. The number of amides is 1. The zero-order chi connectivity index (χ0) is 17.2. The zero-order valence-electron chi connectivity index (χ0n) is 13.0. The molecule has 1 aromatic carbocycles. The van der Waals surface area contributed by atoms with Crippen molar-refractivity contribution in [3.8, 4) is 23.4 Å². The highest BCUT2D eigenvalue weighted by atomic mass is 32.2. The van der Waals surface area contributed by atoms with Crippen LogP contribution in [0.4, 0.5) is 0 Å². The van der Waals surface area contributed by atoms with Gasteiger partial charge in [0.2, 0.25) is 5.91 Å². The summed E-state index contributed by atoms with van der Waals surface area (Å²) in [7, 11) is 0. The Morgan fingerprint density at radius 3 is 2.46 bits per heavy atom. The highest BCUT2D eigenvalue weighted by Crippen LogP contribution is 2.28. The van der Waals surface area contributed by atoms with Crippen LogP contribution in [0.5, 0.6) is 0 Å². The maximum atomic E-state index is 12.3. The molecule has 0 fully saturated rings. The lowest BCUT2D eigenvalue weighted by Gasteiger charge is -2.19. The van der Waals surface area contributed by atoms with E-state index in [0.717, 1.165) is 15.6 Å². The Labute approximate surface area is 149 Å². The van der Waals surface area contributed by atoms with Crippen LogP contribution in [-0.2, 0) is 4.79 Å². The molecule has 0 aliphatic rings. The number of rotatable bonds is 8. The van der Waals surface area contributed by atoms with E-state index >= 15 is 0 Å². The number of carbonyl (C=O) groups excluding carboxylic acids is 1. The molecule has 0 unspecified atom stereocenters. The first kappa shape index (κ1) is 18.0. The molecule has 0 spiro atoms. The molecule has 0 bridgehead atoms. The van der Waals surface area contributed by atoms with Gasteiger partial charge in [-0.05, 0) is 0 Å². The van der Waals surface area contributed by atoms with Crippen LogP contribution in [0.25, 0.3) is 11.3 Å². The number of thioether (sulfide) groups is 1. The van der Waals surface area contributed by atoms with Crippen molar-refractivity contribution in [1.29, 1.82) is 10.5 Å². The van der Waals surface area contributed by atoms with E-state index in [4.69, 9.17) is 10.5 Å². The summed E-state index contributed by atoms with van der Waals surface area (Å²) in [6, 6.07) is 14.0. The standard InChI is InChI=1S/C17H16N4OS2/c18-8-4-10-21(11-5-9-19)16(22)13-24-17-20-15(12-23-17)14-6-2-1-3-7-14/h1-3,6-7,12H,4-5,10-11,13H2. The van der Waals surface area contributed by atoms with E-state index < -0.39 is 0 Å². The van der Waals surface area contributed by atoms with Gasteiger partial charge in [-0.25, -0.2) is 4.98 Å². The predicted molar refractivity (Wildman–Crippen MR) is 95.3 cm³/mol. The molecule has 0 aliphatic carbocycles. The lowest BCUT2D eigenvalue weighted by molar-refractivity contribution is -0.128. The minimum absolute atomic E-state index is 0.0676. The number of hydrogen-bond donors (Lipinski definition) is 0. The molecule has 0 radical (unpaired) electrons. The van der Waals surface area contributed by atoms with Crippen molar-refractivity contribution in [2.75, 3.05) is 18.8 Å². The van der Waals surface area contributed by atoms with E-state index in [2.05, 4.69) is 4.98 Å². The van der Waals surface area contributed by atoms with Crippen molar-refractivity contribution in [2.24, 2.45) is 0 Å². The number of carbonyl (C=O) groups is 1. The monoisotopic (exact) mass is 356 g/mol. The van der Waals surface area contributed by atoms with Crippen molar-refractivity contribution in [3.05, 3.63) is 35.7 Å². The van der Waals surface area contributed by atoms with Gasteiger partial charge in [0.05, 0.1) is 36.4 Å². The Kier molecular flexibility index (Phi) is 7.28. The largest absolute Gasteiger partial charge is 0.340 e. The summed E-state index contributed by atoms with van der Waals surface area (Å²) in [6.07, 6.45) is 0.550. The fraction of sp³-hybridized carbons (Fsp3) is 0.294. The van der Waals surface area contributed by atoms with Gasteiger partial charge in [0, 0.05) is 24.0 Å². The molecule has 0 N–H and O–H groups in total. The molecule has 7 heteroatoms. The molecule has 1 amide bonds. The number of nitrogens with zero attached hydrogens (tertiary/aromatic N) is 4. The Morgan fingerprint density at radius 1 is 1.17 bits per heavy atom. The maximum absolute atomic E-state index is 12.3. The van der Waals surface area contributed by atoms with E-state index in [0.29, 0.717) is 13.1 Å². The third kappa shape index (κ3) is 5.38. The predicted octanol–water partition coefficient (Wildman–Crippen LogP) is 3.56. The molecule has 0 saturated heterocycles. The van der Waals surface area contributed by atoms with E-state index in [1.54, 1.807) is 4.90 Å². The van der Waals surface area contributed by atoms with Crippen molar-refractivity contribution < 1.29 is 4.79 Å². The number of hydrogen-bond acceptors (Lipinski definition) is 6. The smallest absolute Gasteiger partial charge is 0.233 e. The van der Waals surface area contributed by atoms with Crippen molar-refractivity contribution >= 4 is 29.0 Å². The molecular formula is C17H16N4OS2. The minimum atomic E-state index is -0.0676. The molecule has 2 rings (SSSR count). The third-order valence-electron chi connectivity index (χ3n) is 3.21. The molecule has 0 saturated carbocycles. The SMILES string of the molecule is N#CCCN(CCC#N)C(=O)CSc1nc(-c2ccccc2)cs1. The molecule has 1 heterocycles. The average molecular weight is 356 g/mol. The molecule has 0 aliphatic heterocycles. The summed E-state index contributed by atoms with van der Waals surface area (Å²) in [5, 5.41) is 19.3. The molecule has 1 aromatic heterocycles. The molecule has 24 heavy (non-hydrogen) atoms. The van der Waals surface area contributed by atoms with Gasteiger partial charge in [-0.15, -0.1) is 11.3 Å². The fourth-order valence-electron chi connectivity index (χ4n) is 2.01. The van der Waals surface area contributed by atoms with Crippen LogP contribution in [-0.4, -0.2) is 34.6 Å². The van der Waals surface area contributed by atoms with Crippen LogP contribution >= 0.6 is 23.1 Å². The number of aromatic nitrogens is 1. The minimum Gasteiger partial charge on any atom is -0.340 e. The molecule has 122 valence electrons. The number of nitriles is 2. The summed E-state index contributed by atoms with van der Waals surface area (Å²) >= 11 is 2.90. The second-order valence-corrected chi connectivity index (χ2v) is 6.93. The topological polar surface area (TPSA) is 80.8 Å². The Morgan fingerprint density at radius 2 is 1.83 bits per heavy atom. The second kappa shape index (κ2) is 9.71. The molecule has 0 atom stereocenters. The normalized spacial score (nSPS) is 9.92. The fourth-order valence-corrected chi connectivity index (χ4v) is 3.75. The van der Waals surface area contributed by atoms with Gasteiger partial charge < -0.3 is 4.90 Å². The second-order valence-electron chi connectivity index (χ2n) is 4.85. The number of benzene rings is 1. The lowest BCUT2D eigenvalue weighted by Crippen LogP contribution is -2.34. The third-order valence-corrected chi connectivity index (χ3v) is 5.22. The van der Waals surface area contributed by atoms with Gasteiger partial charge in [0.15, 0.2) is 4.34 Å². The summed E-state index contributed by atoms with van der Waals surface area (Å²) < 4.78 is 0.836. The van der Waals surface area contributed by atoms with Gasteiger partial charge >= 0.3 is 0 Å². The van der Waals surface area contributed by atoms with Gasteiger partial charge in [-0.3, -0.25) is 4.79 Å². The highest BCUT2D eigenvalue weighted by Gasteiger charge is 2.14. The van der Waals surface area contributed by atoms with Crippen LogP contribution in [0.15, 0.2) is 40.1 Å². The first-order valence-electron chi connectivity index (χ1n) is 7.40. The summed E-state index contributed by atoms with van der Waals surface area (Å²) in [5.74, 6) is 0.195. The van der Waals surface area contributed by atoms with E-state index in [9.17, 15) is 4.79 Å². The van der Waals surface area contributed by atoms with Crippen LogP contribution in [0.3, 0.4) is 0 Å². The Balaban J connectivity index is 1.92. The van der Waals surface area contributed by atoms with Gasteiger partial charge in [-0.1, -0.05) is 42.1 Å². The lowest BCUT2D eigenvalue weighted by atomic mass is 10.2.